The minimum absolute atomic E-state index is 0.154. The third kappa shape index (κ3) is 3.79. The lowest BCUT2D eigenvalue weighted by Crippen LogP contribution is -2.52. The van der Waals surface area contributed by atoms with Gasteiger partial charge in [0.1, 0.15) is 5.76 Å². The van der Waals surface area contributed by atoms with Crippen LogP contribution in [0.1, 0.15) is 19.4 Å². The maximum absolute atomic E-state index is 13.5. The number of benzene rings is 1. The van der Waals surface area contributed by atoms with Crippen LogP contribution in [0.15, 0.2) is 75.5 Å². The van der Waals surface area contributed by atoms with Gasteiger partial charge in [-0.2, -0.15) is 13.2 Å². The molecule has 0 aromatic heterocycles. The summed E-state index contributed by atoms with van der Waals surface area (Å²) in [4.78, 5) is 8.92. The van der Waals surface area contributed by atoms with Crippen LogP contribution < -0.4 is 0 Å². The number of allylic oxidation sites excluding steroid dienone is 3. The molecule has 3 aliphatic rings. The Labute approximate surface area is 167 Å². The Morgan fingerprint density at radius 2 is 1.97 bits per heavy atom. The SMILES string of the molecule is CC(C)OC1=CC=NC23O[C@H](Cc4ccccc4)CN=C2C=C(C(F)(F)F)C=C13. The number of hydrogen-bond donors (Lipinski definition) is 0. The van der Waals surface area contributed by atoms with Crippen LogP contribution in [0.2, 0.25) is 0 Å². The number of ether oxygens (including phenoxy) is 2. The Balaban J connectivity index is 1.74. The monoisotopic (exact) mass is 402 g/mol. The van der Waals surface area contributed by atoms with Gasteiger partial charge in [-0.05, 0) is 37.6 Å². The van der Waals surface area contributed by atoms with Crippen molar-refractivity contribution in [3.63, 3.8) is 0 Å². The van der Waals surface area contributed by atoms with E-state index in [2.05, 4.69) is 9.98 Å². The van der Waals surface area contributed by atoms with E-state index in [0.29, 0.717) is 12.2 Å². The molecule has 1 aromatic rings. The first-order valence-electron chi connectivity index (χ1n) is 9.48. The molecule has 0 amide bonds. The fourth-order valence-corrected chi connectivity index (χ4v) is 3.64. The molecule has 0 saturated carbocycles. The summed E-state index contributed by atoms with van der Waals surface area (Å²) in [5.74, 6) is 0.318. The van der Waals surface area contributed by atoms with Gasteiger partial charge in [0, 0.05) is 12.6 Å². The molecule has 1 aromatic carbocycles. The quantitative estimate of drug-likeness (QED) is 0.740. The molecule has 0 fully saturated rings. The number of rotatable bonds is 4. The Bertz CT molecular complexity index is 943. The van der Waals surface area contributed by atoms with Crippen LogP contribution in [-0.2, 0) is 15.9 Å². The topological polar surface area (TPSA) is 43.2 Å². The molecule has 7 heteroatoms. The smallest absolute Gasteiger partial charge is 0.416 e. The average Bonchev–Trinajstić information content (AvgIpc) is 2.66. The average molecular weight is 402 g/mol. The van der Waals surface area contributed by atoms with Crippen molar-refractivity contribution in [3.8, 4) is 0 Å². The molecule has 0 saturated heterocycles. The second-order valence-corrected chi connectivity index (χ2v) is 7.43. The van der Waals surface area contributed by atoms with Crippen LogP contribution in [0.25, 0.3) is 0 Å². The lowest BCUT2D eigenvalue weighted by molar-refractivity contribution is -0.0892. The molecule has 0 radical (unpaired) electrons. The van der Waals surface area contributed by atoms with E-state index >= 15 is 0 Å². The largest absolute Gasteiger partial charge is 0.490 e. The van der Waals surface area contributed by atoms with Crippen LogP contribution in [-0.4, -0.2) is 42.6 Å². The molecule has 2 aliphatic heterocycles. The van der Waals surface area contributed by atoms with Gasteiger partial charge in [0.25, 0.3) is 0 Å². The fourth-order valence-electron chi connectivity index (χ4n) is 3.64. The second kappa shape index (κ2) is 7.30. The Morgan fingerprint density at radius 3 is 2.66 bits per heavy atom. The summed E-state index contributed by atoms with van der Waals surface area (Å²) in [5.41, 5.74) is -0.747. The first-order valence-corrected chi connectivity index (χ1v) is 9.48. The Kier molecular flexibility index (Phi) is 4.94. The number of dihydropyridines is 1. The predicted octanol–water partition coefficient (Wildman–Crippen LogP) is 4.59. The number of aliphatic imine (C=N–C) groups is 2. The van der Waals surface area contributed by atoms with Gasteiger partial charge in [-0.25, -0.2) is 4.99 Å². The molecule has 1 spiro atoms. The fraction of sp³-hybridized carbons (Fsp3) is 0.364. The van der Waals surface area contributed by atoms with E-state index in [1.807, 2.05) is 44.2 Å². The molecule has 0 bridgehead atoms. The van der Waals surface area contributed by atoms with Crippen molar-refractivity contribution in [2.24, 2.45) is 9.98 Å². The van der Waals surface area contributed by atoms with Crippen LogP contribution in [0.4, 0.5) is 13.2 Å². The normalized spacial score (nSPS) is 26.1. The van der Waals surface area contributed by atoms with E-state index in [1.165, 1.54) is 6.21 Å². The molecule has 2 atom stereocenters. The number of nitrogens with zero attached hydrogens (tertiary/aromatic N) is 2. The lowest BCUT2D eigenvalue weighted by Gasteiger charge is -2.42. The Morgan fingerprint density at radius 1 is 1.21 bits per heavy atom. The van der Waals surface area contributed by atoms with E-state index in [0.717, 1.165) is 17.7 Å². The van der Waals surface area contributed by atoms with Gasteiger partial charge in [0.05, 0.1) is 35.6 Å². The maximum atomic E-state index is 13.5. The van der Waals surface area contributed by atoms with Gasteiger partial charge in [-0.1, -0.05) is 30.3 Å². The first kappa shape index (κ1) is 19.6. The van der Waals surface area contributed by atoms with Gasteiger partial charge in [0.15, 0.2) is 0 Å². The molecule has 29 heavy (non-hydrogen) atoms. The van der Waals surface area contributed by atoms with Crippen molar-refractivity contribution < 1.29 is 22.6 Å². The maximum Gasteiger partial charge on any atom is 0.416 e. The summed E-state index contributed by atoms with van der Waals surface area (Å²) in [7, 11) is 0. The number of alkyl halides is 3. The highest BCUT2D eigenvalue weighted by atomic mass is 19.4. The minimum atomic E-state index is -4.51. The predicted molar refractivity (Wildman–Crippen MR) is 105 cm³/mol. The zero-order chi connectivity index (χ0) is 20.6. The minimum Gasteiger partial charge on any atom is -0.490 e. The third-order valence-electron chi connectivity index (χ3n) is 4.85. The second-order valence-electron chi connectivity index (χ2n) is 7.43. The molecule has 1 aliphatic carbocycles. The molecular formula is C22H21F3N2O2. The molecule has 0 N–H and O–H groups in total. The van der Waals surface area contributed by atoms with Crippen LogP contribution in [0, 0.1) is 0 Å². The Hall–Kier alpha value is -2.67. The van der Waals surface area contributed by atoms with Crippen molar-refractivity contribution in [1.29, 1.82) is 0 Å². The van der Waals surface area contributed by atoms with Crippen molar-refractivity contribution in [3.05, 3.63) is 71.0 Å². The molecule has 2 heterocycles. The highest BCUT2D eigenvalue weighted by Crippen LogP contribution is 2.44. The van der Waals surface area contributed by atoms with Gasteiger partial charge in [0.2, 0.25) is 5.72 Å². The summed E-state index contributed by atoms with van der Waals surface area (Å²) in [6.45, 7) is 3.90. The van der Waals surface area contributed by atoms with Gasteiger partial charge < -0.3 is 9.47 Å². The van der Waals surface area contributed by atoms with Crippen molar-refractivity contribution in [2.75, 3.05) is 6.54 Å². The number of halogens is 3. The van der Waals surface area contributed by atoms with Crippen LogP contribution >= 0.6 is 0 Å². The van der Waals surface area contributed by atoms with E-state index < -0.39 is 17.5 Å². The highest BCUT2D eigenvalue weighted by Gasteiger charge is 2.51. The number of hydrogen-bond acceptors (Lipinski definition) is 4. The molecular weight excluding hydrogens is 381 g/mol. The molecule has 4 rings (SSSR count). The standard InChI is InChI=1S/C22H21F3N2O2/c1-14(2)28-19-8-9-27-21-18(19)11-16(22(23,24)25)12-20(21)26-13-17(29-21)10-15-6-4-3-5-7-15/h3-9,11-12,14,17H,10,13H2,1-2H3/t17-,21?/m1/s1. The molecule has 152 valence electrons. The summed E-state index contributed by atoms with van der Waals surface area (Å²) >= 11 is 0. The lowest BCUT2D eigenvalue weighted by atomic mass is 9.85. The zero-order valence-corrected chi connectivity index (χ0v) is 16.1. The van der Waals surface area contributed by atoms with Crippen molar-refractivity contribution >= 4 is 11.9 Å². The molecule has 4 nitrogen and oxygen atoms in total. The third-order valence-corrected chi connectivity index (χ3v) is 4.85. The van der Waals surface area contributed by atoms with E-state index in [-0.39, 0.29) is 30.0 Å². The zero-order valence-electron chi connectivity index (χ0n) is 16.1. The van der Waals surface area contributed by atoms with Crippen LogP contribution in [0.5, 0.6) is 0 Å². The van der Waals surface area contributed by atoms with E-state index in [1.54, 1.807) is 6.08 Å². The molecule has 1 unspecified atom stereocenters. The highest BCUT2D eigenvalue weighted by molar-refractivity contribution is 6.09. The van der Waals surface area contributed by atoms with Crippen LogP contribution in [0.3, 0.4) is 0 Å². The van der Waals surface area contributed by atoms with Gasteiger partial charge >= 0.3 is 6.18 Å². The van der Waals surface area contributed by atoms with Gasteiger partial charge in [-0.15, -0.1) is 0 Å². The summed E-state index contributed by atoms with van der Waals surface area (Å²) < 4.78 is 52.6. The summed E-state index contributed by atoms with van der Waals surface area (Å²) in [6, 6.07) is 9.77. The van der Waals surface area contributed by atoms with Gasteiger partial charge in [-0.3, -0.25) is 4.99 Å². The summed E-state index contributed by atoms with van der Waals surface area (Å²) in [6.07, 6.45) is 0.720. The van der Waals surface area contributed by atoms with E-state index in [9.17, 15) is 13.2 Å². The van der Waals surface area contributed by atoms with Crippen molar-refractivity contribution in [1.82, 2.24) is 0 Å². The first-order chi connectivity index (χ1) is 13.8. The summed E-state index contributed by atoms with van der Waals surface area (Å²) in [5, 5.41) is 0. The van der Waals surface area contributed by atoms with E-state index in [4.69, 9.17) is 9.47 Å². The van der Waals surface area contributed by atoms with Crippen molar-refractivity contribution in [2.45, 2.75) is 44.4 Å².